The molecule has 0 saturated heterocycles. The summed E-state index contributed by atoms with van der Waals surface area (Å²) in [6.45, 7) is 11.1. The molecule has 6 nitrogen and oxygen atoms in total. The van der Waals surface area contributed by atoms with Crippen molar-refractivity contribution in [3.63, 3.8) is 0 Å². The maximum absolute atomic E-state index is 11.5. The van der Waals surface area contributed by atoms with Crippen LogP contribution in [0.1, 0.15) is 13.8 Å². The van der Waals surface area contributed by atoms with E-state index in [1.807, 2.05) is 6.07 Å². The van der Waals surface area contributed by atoms with Crippen LogP contribution in [-0.4, -0.2) is 25.8 Å². The van der Waals surface area contributed by atoms with Gasteiger partial charge in [-0.2, -0.15) is 5.26 Å². The first kappa shape index (κ1) is 16.3. The average Bonchev–Trinajstić information content (AvgIpc) is 2.39. The first-order valence-corrected chi connectivity index (χ1v) is 7.33. The molecule has 20 heavy (non-hydrogen) atoms. The van der Waals surface area contributed by atoms with Crippen molar-refractivity contribution in [3.05, 3.63) is 19.1 Å². The van der Waals surface area contributed by atoms with E-state index in [1.165, 1.54) is 22.7 Å². The maximum atomic E-state index is 11.5. The van der Waals surface area contributed by atoms with E-state index < -0.39 is 5.97 Å². The lowest BCUT2D eigenvalue weighted by atomic mass is 10.4. The quantitative estimate of drug-likeness (QED) is 0.258. The predicted molar refractivity (Wildman–Crippen MR) is 74.7 cm³/mol. The van der Waals surface area contributed by atoms with Gasteiger partial charge in [0.05, 0.1) is 39.1 Å². The number of hydrogen-bond donors (Lipinski definition) is 0. The lowest BCUT2D eigenvalue weighted by Crippen LogP contribution is -2.20. The number of ether oxygens (including phenoxy) is 1. The number of hydrogen-bond acceptors (Lipinski definition) is 7. The minimum Gasteiger partial charge on any atom is -0.471 e. The fraction of sp³-hybridized carbons (Fsp3) is 0.417. The van der Waals surface area contributed by atoms with Crippen molar-refractivity contribution in [3.8, 4) is 6.07 Å². The molecule has 8 heteroatoms. The van der Waals surface area contributed by atoms with Crippen LogP contribution in [0, 0.1) is 17.9 Å². The van der Waals surface area contributed by atoms with Crippen LogP contribution in [-0.2, 0) is 19.3 Å². The zero-order chi connectivity index (χ0) is 15.0. The third-order valence-electron chi connectivity index (χ3n) is 1.93. The van der Waals surface area contributed by atoms with E-state index in [4.69, 9.17) is 26.3 Å². The number of carbonyl (C=O) groups excluding carboxylic acids is 1. The molecular formula is C12H12N2O4S2. The molecule has 1 rings (SSSR count). The summed E-state index contributed by atoms with van der Waals surface area (Å²) in [4.78, 5) is 24.2. The summed E-state index contributed by atoms with van der Waals surface area (Å²) in [5.41, 5.74) is 0.360. The molecule has 1 aromatic heterocycles. The third-order valence-corrected chi connectivity index (χ3v) is 4.55. The normalized spacial score (nSPS) is 9.60. The molecular weight excluding hydrogens is 300 g/mol. The van der Waals surface area contributed by atoms with Crippen LogP contribution in [0.15, 0.2) is 0 Å². The van der Waals surface area contributed by atoms with Gasteiger partial charge in [0.1, 0.15) is 6.61 Å². The Kier molecular flexibility index (Phi) is 6.91. The molecule has 0 atom stereocenters. The molecule has 0 aliphatic carbocycles. The van der Waals surface area contributed by atoms with E-state index >= 15 is 0 Å². The van der Waals surface area contributed by atoms with Gasteiger partial charge in [0.15, 0.2) is 0 Å². The Morgan fingerprint density at radius 3 is 2.50 bits per heavy atom. The van der Waals surface area contributed by atoms with Gasteiger partial charge in [0.25, 0.3) is 5.70 Å². The molecule has 0 amide bonds. The molecule has 0 unspecified atom stereocenters. The Morgan fingerprint density at radius 1 is 1.30 bits per heavy atom. The van der Waals surface area contributed by atoms with Gasteiger partial charge in [-0.3, -0.25) is 4.79 Å². The second-order valence-corrected chi connectivity index (χ2v) is 5.78. The van der Waals surface area contributed by atoms with E-state index in [9.17, 15) is 4.79 Å². The number of carbonyl (C=O) groups is 1. The van der Waals surface area contributed by atoms with Gasteiger partial charge in [0, 0.05) is 0 Å². The number of rotatable bonds is 6. The summed E-state index contributed by atoms with van der Waals surface area (Å²) in [5.74, 6) is -0.638. The SMILES string of the molecule is [C-]#[N+]C(C(=O)OCC)=c1sc(=C(C#N)COOCC)s1. The first-order valence-electron chi connectivity index (χ1n) is 5.70. The van der Waals surface area contributed by atoms with Gasteiger partial charge in [-0.1, -0.05) is 0 Å². The lowest BCUT2D eigenvalue weighted by Gasteiger charge is -2.02. The Morgan fingerprint density at radius 2 is 2.00 bits per heavy atom. The topological polar surface area (TPSA) is 72.9 Å². The van der Waals surface area contributed by atoms with Crippen molar-refractivity contribution in [2.75, 3.05) is 19.8 Å². The maximum Gasteiger partial charge on any atom is 0.338 e. The highest BCUT2D eigenvalue weighted by molar-refractivity contribution is 7.36. The van der Waals surface area contributed by atoms with Crippen LogP contribution in [0.25, 0.3) is 16.1 Å². The van der Waals surface area contributed by atoms with E-state index in [0.29, 0.717) is 19.9 Å². The van der Waals surface area contributed by atoms with Crippen molar-refractivity contribution in [1.82, 2.24) is 0 Å². The van der Waals surface area contributed by atoms with Crippen LogP contribution in [0.5, 0.6) is 0 Å². The van der Waals surface area contributed by atoms with Crippen molar-refractivity contribution >= 4 is 39.9 Å². The minimum atomic E-state index is -0.638. The molecule has 0 aromatic carbocycles. The summed E-state index contributed by atoms with van der Waals surface area (Å²) in [6, 6.07) is 2.01. The summed E-state index contributed by atoms with van der Waals surface area (Å²) in [7, 11) is 0. The summed E-state index contributed by atoms with van der Waals surface area (Å²) in [5, 5.41) is 9.00. The van der Waals surface area contributed by atoms with Crippen LogP contribution in [0.2, 0.25) is 0 Å². The van der Waals surface area contributed by atoms with Crippen molar-refractivity contribution < 1.29 is 19.3 Å². The predicted octanol–water partition coefficient (Wildman–Crippen LogP) is 1.04. The largest absolute Gasteiger partial charge is 0.471 e. The fourth-order valence-electron chi connectivity index (χ4n) is 1.09. The molecule has 1 aromatic rings. The van der Waals surface area contributed by atoms with Crippen LogP contribution < -0.4 is 7.69 Å². The van der Waals surface area contributed by atoms with Gasteiger partial charge in [0.2, 0.25) is 0 Å². The van der Waals surface area contributed by atoms with E-state index in [-0.39, 0.29) is 18.9 Å². The van der Waals surface area contributed by atoms with Crippen molar-refractivity contribution in [1.29, 1.82) is 5.26 Å². The monoisotopic (exact) mass is 312 g/mol. The Labute approximate surface area is 123 Å². The Bertz CT molecular complexity index is 642. The number of esters is 1. The van der Waals surface area contributed by atoms with Gasteiger partial charge in [-0.25, -0.2) is 14.6 Å². The zero-order valence-electron chi connectivity index (χ0n) is 11.0. The van der Waals surface area contributed by atoms with Gasteiger partial charge < -0.3 is 4.74 Å². The highest BCUT2D eigenvalue weighted by atomic mass is 32.2. The smallest absolute Gasteiger partial charge is 0.338 e. The second kappa shape index (κ2) is 8.46. The van der Waals surface area contributed by atoms with Gasteiger partial charge in [-0.05, 0) is 13.8 Å². The fourth-order valence-corrected chi connectivity index (χ4v) is 3.10. The van der Waals surface area contributed by atoms with Crippen LogP contribution in [0.4, 0.5) is 0 Å². The molecule has 0 saturated carbocycles. The molecule has 0 spiro atoms. The molecule has 106 valence electrons. The van der Waals surface area contributed by atoms with Gasteiger partial charge >= 0.3 is 5.97 Å². The highest BCUT2D eigenvalue weighted by Crippen LogP contribution is 2.05. The summed E-state index contributed by atoms with van der Waals surface area (Å²) < 4.78 is 6.03. The molecule has 0 bridgehead atoms. The van der Waals surface area contributed by atoms with Crippen molar-refractivity contribution in [2.45, 2.75) is 13.8 Å². The van der Waals surface area contributed by atoms with E-state index in [1.54, 1.807) is 13.8 Å². The molecule has 1 heterocycles. The minimum absolute atomic E-state index is 0.0414. The summed E-state index contributed by atoms with van der Waals surface area (Å²) in [6.07, 6.45) is 0. The van der Waals surface area contributed by atoms with E-state index in [2.05, 4.69) is 4.85 Å². The Hall–Kier alpha value is -1.71. The first-order chi connectivity index (χ1) is 9.67. The summed E-state index contributed by atoms with van der Waals surface area (Å²) >= 11 is 2.40. The number of nitriles is 1. The van der Waals surface area contributed by atoms with E-state index in [0.717, 1.165) is 0 Å². The molecule has 0 fully saturated rings. The van der Waals surface area contributed by atoms with Crippen LogP contribution in [0.3, 0.4) is 0 Å². The molecule has 0 N–H and O–H groups in total. The molecule has 0 aliphatic heterocycles. The van der Waals surface area contributed by atoms with Crippen LogP contribution >= 0.6 is 22.7 Å². The molecule has 0 radical (unpaired) electrons. The third kappa shape index (κ3) is 4.15. The standard InChI is InChI=1S/C12H12N2O4S2/c1-4-16-10(15)9(14-3)12-19-11(20-12)8(6-13)7-18-17-5-2/h4-5,7H2,1-2H3. The zero-order valence-corrected chi connectivity index (χ0v) is 12.6. The van der Waals surface area contributed by atoms with Gasteiger partial charge in [-0.15, -0.1) is 22.7 Å². The Balaban J connectivity index is 3.02. The lowest BCUT2D eigenvalue weighted by molar-refractivity contribution is -0.280. The molecule has 0 aliphatic rings. The second-order valence-electron chi connectivity index (χ2n) is 3.22. The highest BCUT2D eigenvalue weighted by Gasteiger charge is 2.15. The number of nitrogens with zero attached hydrogens (tertiary/aromatic N) is 2. The average molecular weight is 312 g/mol. The van der Waals surface area contributed by atoms with Crippen molar-refractivity contribution in [2.24, 2.45) is 0 Å².